The van der Waals surface area contributed by atoms with Gasteiger partial charge in [-0.3, -0.25) is 9.59 Å². The van der Waals surface area contributed by atoms with Gasteiger partial charge in [-0.1, -0.05) is 0 Å². The Morgan fingerprint density at radius 1 is 1.31 bits per heavy atom. The van der Waals surface area contributed by atoms with Crippen molar-refractivity contribution in [2.45, 2.75) is 59.0 Å². The Bertz CT molecular complexity index is 700. The number of carbonyl (C=O) groups is 2. The van der Waals surface area contributed by atoms with E-state index in [1.165, 1.54) is 0 Å². The zero-order valence-corrected chi connectivity index (χ0v) is 16.0. The van der Waals surface area contributed by atoms with Crippen LogP contribution < -0.4 is 11.4 Å². The number of likely N-dealkylation sites (N-methyl/N-ethyl adjacent to an activating group) is 1. The molecule has 0 bridgehead atoms. The quantitative estimate of drug-likeness (QED) is 0.745. The number of likely N-dealkylation sites (tertiary alicyclic amines) is 1. The normalized spacial score (nSPS) is 19.7. The highest BCUT2D eigenvalue weighted by Crippen LogP contribution is 2.21. The largest absolute Gasteiger partial charge is 0.345 e. The van der Waals surface area contributed by atoms with Gasteiger partial charge in [0.2, 0.25) is 11.8 Å². The summed E-state index contributed by atoms with van der Waals surface area (Å²) < 4.78 is 0. The van der Waals surface area contributed by atoms with Gasteiger partial charge in [-0.25, -0.2) is 4.79 Å². The molecule has 0 aromatic carbocycles. The van der Waals surface area contributed by atoms with Gasteiger partial charge >= 0.3 is 5.69 Å². The number of aromatic amines is 1. The lowest BCUT2D eigenvalue weighted by atomic mass is 10.1. The first-order valence-corrected chi connectivity index (χ1v) is 9.18. The maximum absolute atomic E-state index is 12.8. The SMILES string of the molecule is CCN(CC)C(=O)[C@@H]1C[C@@H](N)CN1C(=O)CCc1c(C)nc(=O)[nH]c1C. The summed E-state index contributed by atoms with van der Waals surface area (Å²) in [5, 5.41) is 0. The van der Waals surface area contributed by atoms with Crippen molar-refractivity contribution in [1.29, 1.82) is 0 Å². The van der Waals surface area contributed by atoms with Crippen LogP contribution in [-0.2, 0) is 16.0 Å². The first-order chi connectivity index (χ1) is 12.3. The molecule has 26 heavy (non-hydrogen) atoms. The maximum Gasteiger partial charge on any atom is 0.345 e. The Kier molecular flexibility index (Phi) is 6.52. The number of nitrogens with one attached hydrogen (secondary N) is 1. The molecule has 0 unspecified atom stereocenters. The number of rotatable bonds is 6. The molecule has 8 heteroatoms. The smallest absolute Gasteiger partial charge is 0.341 e. The molecule has 1 aliphatic heterocycles. The average Bonchev–Trinajstić information content (AvgIpc) is 2.96. The molecule has 2 atom stereocenters. The minimum atomic E-state index is -0.478. The minimum Gasteiger partial charge on any atom is -0.341 e. The lowest BCUT2D eigenvalue weighted by molar-refractivity contribution is -0.143. The molecule has 0 saturated carbocycles. The van der Waals surface area contributed by atoms with Gasteiger partial charge in [0.15, 0.2) is 0 Å². The van der Waals surface area contributed by atoms with Crippen LogP contribution in [0.4, 0.5) is 0 Å². The van der Waals surface area contributed by atoms with Crippen molar-refractivity contribution < 1.29 is 9.59 Å². The predicted octanol–water partition coefficient (Wildman–Crippen LogP) is 0.116. The van der Waals surface area contributed by atoms with Gasteiger partial charge in [0.1, 0.15) is 6.04 Å². The molecule has 0 aliphatic carbocycles. The Labute approximate surface area is 153 Å². The predicted molar refractivity (Wildman–Crippen MR) is 98.7 cm³/mol. The molecular weight excluding hydrogens is 334 g/mol. The third-order valence-corrected chi connectivity index (χ3v) is 5.06. The average molecular weight is 363 g/mol. The van der Waals surface area contributed by atoms with E-state index in [9.17, 15) is 14.4 Å². The van der Waals surface area contributed by atoms with E-state index in [-0.39, 0.29) is 30.0 Å². The molecule has 3 N–H and O–H groups in total. The van der Waals surface area contributed by atoms with Gasteiger partial charge in [-0.05, 0) is 46.1 Å². The molecule has 144 valence electrons. The summed E-state index contributed by atoms with van der Waals surface area (Å²) in [6, 6.07) is -0.657. The monoisotopic (exact) mass is 363 g/mol. The van der Waals surface area contributed by atoms with E-state index in [0.29, 0.717) is 38.2 Å². The molecule has 1 aromatic rings. The Morgan fingerprint density at radius 3 is 2.54 bits per heavy atom. The third-order valence-electron chi connectivity index (χ3n) is 5.06. The number of hydrogen-bond donors (Lipinski definition) is 2. The van der Waals surface area contributed by atoms with Crippen LogP contribution in [0.5, 0.6) is 0 Å². The number of H-pyrrole nitrogens is 1. The number of amides is 2. The Hall–Kier alpha value is -2.22. The number of nitrogens with two attached hydrogens (primary N) is 1. The van der Waals surface area contributed by atoms with E-state index in [0.717, 1.165) is 11.3 Å². The van der Waals surface area contributed by atoms with Crippen LogP contribution in [0, 0.1) is 13.8 Å². The zero-order chi connectivity index (χ0) is 19.4. The lowest BCUT2D eigenvalue weighted by Gasteiger charge is -2.29. The van der Waals surface area contributed by atoms with Gasteiger partial charge in [0.05, 0.1) is 0 Å². The lowest BCUT2D eigenvalue weighted by Crippen LogP contribution is -2.47. The summed E-state index contributed by atoms with van der Waals surface area (Å²) in [6.45, 7) is 9.05. The number of aryl methyl sites for hydroxylation is 2. The molecule has 8 nitrogen and oxygen atoms in total. The van der Waals surface area contributed by atoms with E-state index in [1.54, 1.807) is 23.6 Å². The van der Waals surface area contributed by atoms with E-state index < -0.39 is 6.04 Å². The van der Waals surface area contributed by atoms with Crippen LogP contribution in [-0.4, -0.2) is 63.3 Å². The molecule has 2 rings (SSSR count). The van der Waals surface area contributed by atoms with Crippen molar-refractivity contribution in [2.24, 2.45) is 5.73 Å². The zero-order valence-electron chi connectivity index (χ0n) is 16.0. The van der Waals surface area contributed by atoms with E-state index in [2.05, 4.69) is 9.97 Å². The van der Waals surface area contributed by atoms with Crippen LogP contribution in [0.3, 0.4) is 0 Å². The summed E-state index contributed by atoms with van der Waals surface area (Å²) >= 11 is 0. The van der Waals surface area contributed by atoms with E-state index in [4.69, 9.17) is 5.73 Å². The second-order valence-electron chi connectivity index (χ2n) is 6.80. The number of hydrogen-bond acceptors (Lipinski definition) is 5. The molecular formula is C18H29N5O3. The number of nitrogens with zero attached hydrogens (tertiary/aromatic N) is 3. The van der Waals surface area contributed by atoms with Gasteiger partial charge in [0.25, 0.3) is 0 Å². The Morgan fingerprint density at radius 2 is 1.96 bits per heavy atom. The first-order valence-electron chi connectivity index (χ1n) is 9.18. The van der Waals surface area contributed by atoms with Crippen LogP contribution in [0.1, 0.15) is 43.6 Å². The molecule has 0 spiro atoms. The van der Waals surface area contributed by atoms with Crippen LogP contribution in [0.15, 0.2) is 4.79 Å². The van der Waals surface area contributed by atoms with Crippen molar-refractivity contribution >= 4 is 11.8 Å². The van der Waals surface area contributed by atoms with Crippen molar-refractivity contribution in [3.05, 3.63) is 27.4 Å². The molecule has 2 amide bonds. The number of carbonyl (C=O) groups excluding carboxylic acids is 2. The minimum absolute atomic E-state index is 0.0330. The van der Waals surface area contributed by atoms with Crippen molar-refractivity contribution in [2.75, 3.05) is 19.6 Å². The summed E-state index contributed by atoms with van der Waals surface area (Å²) in [6.07, 6.45) is 1.22. The van der Waals surface area contributed by atoms with E-state index >= 15 is 0 Å². The molecule has 1 saturated heterocycles. The van der Waals surface area contributed by atoms with Crippen molar-refractivity contribution in [1.82, 2.24) is 19.8 Å². The van der Waals surface area contributed by atoms with Gasteiger partial charge in [-0.2, -0.15) is 4.98 Å². The summed E-state index contributed by atoms with van der Waals surface area (Å²) in [4.78, 5) is 46.8. The van der Waals surface area contributed by atoms with Crippen LogP contribution in [0.25, 0.3) is 0 Å². The third kappa shape index (κ3) is 4.30. The van der Waals surface area contributed by atoms with Crippen molar-refractivity contribution in [3.63, 3.8) is 0 Å². The second-order valence-corrected chi connectivity index (χ2v) is 6.80. The summed E-state index contributed by atoms with van der Waals surface area (Å²) in [5.41, 5.74) is 7.88. The summed E-state index contributed by atoms with van der Waals surface area (Å²) in [5.74, 6) is -0.122. The van der Waals surface area contributed by atoms with Gasteiger partial charge in [0, 0.05) is 43.5 Å². The molecule has 1 aliphatic rings. The van der Waals surface area contributed by atoms with Gasteiger partial charge in [-0.15, -0.1) is 0 Å². The van der Waals surface area contributed by atoms with Crippen molar-refractivity contribution in [3.8, 4) is 0 Å². The molecule has 2 heterocycles. The topological polar surface area (TPSA) is 112 Å². The molecule has 1 fully saturated rings. The maximum atomic E-state index is 12.8. The second kappa shape index (κ2) is 8.44. The fraction of sp³-hybridized carbons (Fsp3) is 0.667. The fourth-order valence-corrected chi connectivity index (χ4v) is 3.62. The Balaban J connectivity index is 2.10. The molecule has 1 aromatic heterocycles. The van der Waals surface area contributed by atoms with Crippen LogP contribution >= 0.6 is 0 Å². The molecule has 0 radical (unpaired) electrons. The highest BCUT2D eigenvalue weighted by Gasteiger charge is 2.39. The highest BCUT2D eigenvalue weighted by molar-refractivity contribution is 5.88. The summed E-state index contributed by atoms with van der Waals surface area (Å²) in [7, 11) is 0. The highest BCUT2D eigenvalue weighted by atomic mass is 16.2. The van der Waals surface area contributed by atoms with E-state index in [1.807, 2.05) is 13.8 Å². The van der Waals surface area contributed by atoms with Gasteiger partial charge < -0.3 is 20.5 Å². The number of aromatic nitrogens is 2. The first kappa shape index (κ1) is 20.1. The van der Waals surface area contributed by atoms with Crippen LogP contribution in [0.2, 0.25) is 0 Å². The standard InChI is InChI=1S/C18H29N5O3/c1-5-22(6-2)17(25)15-9-13(19)10-23(15)16(24)8-7-14-11(3)20-18(26)21-12(14)4/h13,15H,5-10,19H2,1-4H3,(H,20,21,26)/t13-,15+/m1/s1. The fourth-order valence-electron chi connectivity index (χ4n) is 3.62.